The number of nitrogens with zero attached hydrogens (tertiary/aromatic N) is 1. The molecule has 1 fully saturated rings. The van der Waals surface area contributed by atoms with E-state index in [0.29, 0.717) is 17.5 Å². The van der Waals surface area contributed by atoms with E-state index in [1.54, 1.807) is 0 Å². The molecule has 2 nitrogen and oxygen atoms in total. The number of rotatable bonds is 5. The normalized spacial score (nSPS) is 20.2. The summed E-state index contributed by atoms with van der Waals surface area (Å²) in [5, 5.41) is 3.38. The Kier molecular flexibility index (Phi) is 5.32. The van der Waals surface area contributed by atoms with Gasteiger partial charge in [-0.25, -0.2) is 0 Å². The van der Waals surface area contributed by atoms with Crippen LogP contribution < -0.4 is 10.2 Å². The molecule has 1 aromatic rings. The van der Waals surface area contributed by atoms with Crippen LogP contribution in [0.25, 0.3) is 0 Å². The van der Waals surface area contributed by atoms with Gasteiger partial charge in [0.1, 0.15) is 0 Å². The van der Waals surface area contributed by atoms with Gasteiger partial charge in [0.15, 0.2) is 0 Å². The lowest BCUT2D eigenvalue weighted by molar-refractivity contribution is 0.222. The summed E-state index contributed by atoms with van der Waals surface area (Å²) >= 11 is 0. The molecule has 0 spiro atoms. The van der Waals surface area contributed by atoms with Gasteiger partial charge in [-0.3, -0.25) is 0 Å². The van der Waals surface area contributed by atoms with Crippen molar-refractivity contribution in [3.63, 3.8) is 0 Å². The molecular weight excluding hydrogens is 256 g/mol. The van der Waals surface area contributed by atoms with E-state index in [4.69, 9.17) is 0 Å². The van der Waals surface area contributed by atoms with Gasteiger partial charge < -0.3 is 10.2 Å². The van der Waals surface area contributed by atoms with Gasteiger partial charge in [-0.05, 0) is 62.3 Å². The molecule has 21 heavy (non-hydrogen) atoms. The van der Waals surface area contributed by atoms with Crippen molar-refractivity contribution in [2.45, 2.75) is 65.0 Å². The third-order valence-electron chi connectivity index (χ3n) is 5.32. The topological polar surface area (TPSA) is 15.3 Å². The van der Waals surface area contributed by atoms with Crippen LogP contribution in [0.3, 0.4) is 0 Å². The molecule has 0 bridgehead atoms. The Morgan fingerprint density at radius 2 is 1.76 bits per heavy atom. The van der Waals surface area contributed by atoms with E-state index >= 15 is 0 Å². The molecule has 1 N–H and O–H groups in total. The Labute approximate surface area is 130 Å². The summed E-state index contributed by atoms with van der Waals surface area (Å²) in [6, 6.07) is 10.3. The first-order valence-corrected chi connectivity index (χ1v) is 8.47. The average molecular weight is 288 g/mol. The Bertz CT molecular complexity index is 421. The minimum atomic E-state index is 0.472. The lowest BCUT2D eigenvalue weighted by Gasteiger charge is -2.39. The fourth-order valence-corrected chi connectivity index (χ4v) is 3.53. The van der Waals surface area contributed by atoms with Crippen LogP contribution in [0, 0.1) is 5.41 Å². The molecule has 1 atom stereocenters. The number of anilines is 1. The minimum Gasteiger partial charge on any atom is -0.372 e. The Hall–Kier alpha value is -1.02. The van der Waals surface area contributed by atoms with Crippen molar-refractivity contribution in [2.24, 2.45) is 5.41 Å². The van der Waals surface area contributed by atoms with Crippen LogP contribution in [0.15, 0.2) is 24.3 Å². The monoisotopic (exact) mass is 288 g/mol. The van der Waals surface area contributed by atoms with E-state index in [9.17, 15) is 0 Å². The van der Waals surface area contributed by atoms with Gasteiger partial charge in [-0.2, -0.15) is 0 Å². The summed E-state index contributed by atoms with van der Waals surface area (Å²) < 4.78 is 0. The van der Waals surface area contributed by atoms with Crippen LogP contribution in [0.1, 0.15) is 64.5 Å². The summed E-state index contributed by atoms with van der Waals surface area (Å²) in [4.78, 5) is 2.49. The van der Waals surface area contributed by atoms with E-state index in [2.05, 4.69) is 62.3 Å². The number of hydrogen-bond donors (Lipinski definition) is 1. The standard InChI is InChI=1S/C19H32N2/c1-6-18(20-4)15-7-9-16(10-8-15)21(5)17-11-13-19(2,3)14-12-17/h7-10,17-18,20H,6,11-14H2,1-5H3. The third-order valence-corrected chi connectivity index (χ3v) is 5.32. The molecule has 0 amide bonds. The van der Waals surface area contributed by atoms with E-state index in [1.165, 1.54) is 36.9 Å². The van der Waals surface area contributed by atoms with Gasteiger partial charge in [0.05, 0.1) is 0 Å². The molecule has 2 heteroatoms. The van der Waals surface area contributed by atoms with Gasteiger partial charge in [-0.15, -0.1) is 0 Å². The first-order valence-electron chi connectivity index (χ1n) is 8.47. The fourth-order valence-electron chi connectivity index (χ4n) is 3.53. The maximum Gasteiger partial charge on any atom is 0.0366 e. The van der Waals surface area contributed by atoms with Gasteiger partial charge >= 0.3 is 0 Å². The Morgan fingerprint density at radius 3 is 2.24 bits per heavy atom. The maximum absolute atomic E-state index is 3.38. The maximum atomic E-state index is 3.38. The molecule has 0 saturated heterocycles. The van der Waals surface area contributed by atoms with E-state index < -0.39 is 0 Å². The molecule has 1 aromatic carbocycles. The fraction of sp³-hybridized carbons (Fsp3) is 0.684. The van der Waals surface area contributed by atoms with Crippen LogP contribution in [-0.4, -0.2) is 20.1 Å². The van der Waals surface area contributed by atoms with Gasteiger partial charge in [0.2, 0.25) is 0 Å². The third kappa shape index (κ3) is 4.00. The number of hydrogen-bond acceptors (Lipinski definition) is 2. The molecule has 0 aliphatic heterocycles. The van der Waals surface area contributed by atoms with Crippen molar-refractivity contribution in [1.82, 2.24) is 5.32 Å². The zero-order valence-corrected chi connectivity index (χ0v) is 14.4. The van der Waals surface area contributed by atoms with Crippen LogP contribution in [0.4, 0.5) is 5.69 Å². The second-order valence-corrected chi connectivity index (χ2v) is 7.35. The quantitative estimate of drug-likeness (QED) is 0.840. The lowest BCUT2D eigenvalue weighted by Crippen LogP contribution is -2.37. The molecule has 1 unspecified atom stereocenters. The summed E-state index contributed by atoms with van der Waals surface area (Å²) in [5.41, 5.74) is 3.29. The van der Waals surface area contributed by atoms with Crippen molar-refractivity contribution < 1.29 is 0 Å². The second-order valence-electron chi connectivity index (χ2n) is 7.35. The first-order chi connectivity index (χ1) is 9.96. The minimum absolute atomic E-state index is 0.472. The van der Waals surface area contributed by atoms with Crippen molar-refractivity contribution in [2.75, 3.05) is 19.0 Å². The predicted octanol–water partition coefficient (Wildman–Crippen LogP) is 4.76. The largest absolute Gasteiger partial charge is 0.372 e. The molecule has 118 valence electrons. The molecule has 2 rings (SSSR count). The zero-order chi connectivity index (χ0) is 15.5. The highest BCUT2D eigenvalue weighted by Crippen LogP contribution is 2.37. The molecule has 1 aliphatic rings. The van der Waals surface area contributed by atoms with Crippen LogP contribution in [-0.2, 0) is 0 Å². The molecule has 1 saturated carbocycles. The summed E-state index contributed by atoms with van der Waals surface area (Å²) in [6.07, 6.45) is 6.46. The Balaban J connectivity index is 2.01. The van der Waals surface area contributed by atoms with Crippen molar-refractivity contribution in [3.8, 4) is 0 Å². The van der Waals surface area contributed by atoms with Crippen LogP contribution in [0.2, 0.25) is 0 Å². The highest BCUT2D eigenvalue weighted by molar-refractivity contribution is 5.48. The number of nitrogens with one attached hydrogen (secondary N) is 1. The first kappa shape index (κ1) is 16.4. The van der Waals surface area contributed by atoms with Crippen molar-refractivity contribution in [3.05, 3.63) is 29.8 Å². The summed E-state index contributed by atoms with van der Waals surface area (Å²) in [6.45, 7) is 7.03. The lowest BCUT2D eigenvalue weighted by atomic mass is 9.75. The second kappa shape index (κ2) is 6.83. The zero-order valence-electron chi connectivity index (χ0n) is 14.4. The van der Waals surface area contributed by atoms with Crippen molar-refractivity contribution in [1.29, 1.82) is 0 Å². The molecule has 0 heterocycles. The molecule has 0 radical (unpaired) electrons. The summed E-state index contributed by atoms with van der Waals surface area (Å²) in [5.74, 6) is 0. The molecule has 1 aliphatic carbocycles. The average Bonchev–Trinajstić information content (AvgIpc) is 2.48. The van der Waals surface area contributed by atoms with Crippen molar-refractivity contribution >= 4 is 5.69 Å². The highest BCUT2D eigenvalue weighted by Gasteiger charge is 2.28. The number of benzene rings is 1. The highest BCUT2D eigenvalue weighted by atomic mass is 15.1. The van der Waals surface area contributed by atoms with Gasteiger partial charge in [0.25, 0.3) is 0 Å². The molecule has 0 aromatic heterocycles. The van der Waals surface area contributed by atoms with Gasteiger partial charge in [0, 0.05) is 24.8 Å². The molecular formula is C19H32N2. The van der Waals surface area contributed by atoms with Crippen LogP contribution in [0.5, 0.6) is 0 Å². The smallest absolute Gasteiger partial charge is 0.0366 e. The van der Waals surface area contributed by atoms with E-state index in [-0.39, 0.29) is 0 Å². The van der Waals surface area contributed by atoms with Crippen LogP contribution >= 0.6 is 0 Å². The predicted molar refractivity (Wildman–Crippen MR) is 93.0 cm³/mol. The van der Waals surface area contributed by atoms with E-state index in [0.717, 1.165) is 6.42 Å². The summed E-state index contributed by atoms with van der Waals surface area (Å²) in [7, 11) is 4.30. The Morgan fingerprint density at radius 1 is 1.19 bits per heavy atom. The van der Waals surface area contributed by atoms with E-state index in [1.807, 2.05) is 7.05 Å². The van der Waals surface area contributed by atoms with Gasteiger partial charge in [-0.1, -0.05) is 32.9 Å². The SMILES string of the molecule is CCC(NC)c1ccc(N(C)C2CCC(C)(C)CC2)cc1.